The number of carbonyl (C=O) groups excluding carboxylic acids is 1. The van der Waals surface area contributed by atoms with Crippen LogP contribution in [0, 0.1) is 0 Å². The maximum Gasteiger partial charge on any atom is 0.506 e. The van der Waals surface area contributed by atoms with Gasteiger partial charge in [-0.05, 0) is 40.0 Å². The second kappa shape index (κ2) is 6.90. The average Bonchev–Trinajstić information content (AvgIpc) is 2.94. The third-order valence-electron chi connectivity index (χ3n) is 4.39. The molecule has 0 saturated carbocycles. The van der Waals surface area contributed by atoms with E-state index in [9.17, 15) is 14.8 Å². The minimum atomic E-state index is -1.81. The maximum atomic E-state index is 12.6. The van der Waals surface area contributed by atoms with Gasteiger partial charge in [0.15, 0.2) is 5.65 Å². The van der Waals surface area contributed by atoms with Gasteiger partial charge in [0, 0.05) is 43.4 Å². The zero-order valence-electron chi connectivity index (χ0n) is 15.6. The normalized spacial score (nSPS) is 16.2. The first-order valence-electron chi connectivity index (χ1n) is 8.71. The van der Waals surface area contributed by atoms with Crippen molar-refractivity contribution in [3.05, 3.63) is 18.3 Å². The van der Waals surface area contributed by atoms with Crippen LogP contribution in [0.1, 0.15) is 20.8 Å². The van der Waals surface area contributed by atoms with E-state index in [4.69, 9.17) is 4.74 Å². The molecule has 1 aliphatic rings. The highest BCUT2D eigenvalue weighted by atomic mass is 16.6. The summed E-state index contributed by atoms with van der Waals surface area (Å²) in [7, 11) is 0.274. The van der Waals surface area contributed by atoms with Crippen LogP contribution in [0.2, 0.25) is 0 Å². The third-order valence-corrected chi connectivity index (χ3v) is 4.39. The summed E-state index contributed by atoms with van der Waals surface area (Å²) in [6.07, 6.45) is 0.948. The van der Waals surface area contributed by atoms with Crippen molar-refractivity contribution < 1.29 is 19.6 Å². The molecular weight excluding hydrogens is 335 g/mol. The molecule has 0 spiro atoms. The summed E-state index contributed by atoms with van der Waals surface area (Å²) in [6, 6.07) is 3.49. The van der Waals surface area contributed by atoms with E-state index in [1.807, 2.05) is 6.07 Å². The molecule has 2 N–H and O–H groups in total. The van der Waals surface area contributed by atoms with Gasteiger partial charge in [0.2, 0.25) is 0 Å². The van der Waals surface area contributed by atoms with E-state index in [1.54, 1.807) is 33.0 Å². The highest BCUT2D eigenvalue weighted by Gasteiger charge is 2.29. The predicted molar refractivity (Wildman–Crippen MR) is 101 cm³/mol. The quantitative estimate of drug-likeness (QED) is 0.742. The number of aromatic nitrogens is 2. The topological polar surface area (TPSA) is 91.1 Å². The van der Waals surface area contributed by atoms with Crippen LogP contribution in [0.3, 0.4) is 0 Å². The first-order valence-corrected chi connectivity index (χ1v) is 8.71. The summed E-state index contributed by atoms with van der Waals surface area (Å²) in [6.45, 7) is 8.85. The van der Waals surface area contributed by atoms with Crippen molar-refractivity contribution in [2.45, 2.75) is 26.4 Å². The number of rotatable bonds is 2. The number of ether oxygens (including phenoxy) is 1. The molecule has 1 aliphatic heterocycles. The number of likely N-dealkylation sites (N-methyl/N-ethyl adjacent to an activating group) is 1. The van der Waals surface area contributed by atoms with Crippen LogP contribution in [-0.2, 0) is 4.74 Å². The number of carbonyl (C=O) groups is 1. The lowest BCUT2D eigenvalue weighted by Gasteiger charge is -2.34. The number of piperazine rings is 1. The molecule has 0 aromatic carbocycles. The average molecular weight is 360 g/mol. The van der Waals surface area contributed by atoms with Gasteiger partial charge in [-0.25, -0.2) is 14.3 Å². The second-order valence-electron chi connectivity index (χ2n) is 7.62. The zero-order chi connectivity index (χ0) is 19.1. The van der Waals surface area contributed by atoms with E-state index in [0.29, 0.717) is 11.0 Å². The number of hydrogen-bond donors (Lipinski definition) is 2. The molecule has 2 aromatic heterocycles. The minimum Gasteiger partial charge on any atom is -0.443 e. The first-order chi connectivity index (χ1) is 12.2. The molecule has 1 saturated heterocycles. The number of fused-ring (bicyclic) bond motifs is 1. The van der Waals surface area contributed by atoms with Gasteiger partial charge in [-0.2, -0.15) is 0 Å². The molecule has 0 unspecified atom stereocenters. The monoisotopic (exact) mass is 360 g/mol. The van der Waals surface area contributed by atoms with Gasteiger partial charge in [0.05, 0.1) is 5.59 Å². The standard InChI is InChI=1S/C17H25BN4O4/c1-17(2,3)26-16(23)22-14(18(24)25)11-12-13(5-6-19-15(12)22)21-9-7-20(4)8-10-21/h5-6,11,24-25H,7-10H2,1-4H3. The smallest absolute Gasteiger partial charge is 0.443 e. The Morgan fingerprint density at radius 1 is 1.23 bits per heavy atom. The number of nitrogens with zero attached hydrogens (tertiary/aromatic N) is 4. The van der Waals surface area contributed by atoms with Crippen LogP contribution in [-0.4, -0.2) is 76.5 Å². The van der Waals surface area contributed by atoms with E-state index in [1.165, 1.54) is 0 Å². The van der Waals surface area contributed by atoms with Gasteiger partial charge in [-0.3, -0.25) is 0 Å². The molecule has 2 aromatic rings. The molecule has 0 radical (unpaired) electrons. The summed E-state index contributed by atoms with van der Waals surface area (Å²) in [5.41, 5.74) is 0.620. The lowest BCUT2D eigenvalue weighted by atomic mass is 9.86. The summed E-state index contributed by atoms with van der Waals surface area (Å²) >= 11 is 0. The Bertz CT molecular complexity index is 807. The van der Waals surface area contributed by atoms with Crippen LogP contribution < -0.4 is 10.5 Å². The number of anilines is 1. The van der Waals surface area contributed by atoms with Gasteiger partial charge in [-0.1, -0.05) is 0 Å². The largest absolute Gasteiger partial charge is 0.506 e. The van der Waals surface area contributed by atoms with Crippen LogP contribution in [0.25, 0.3) is 11.0 Å². The molecule has 0 aliphatic carbocycles. The molecule has 140 valence electrons. The first kappa shape index (κ1) is 18.7. The molecule has 9 heteroatoms. The third kappa shape index (κ3) is 3.69. The fourth-order valence-electron chi connectivity index (χ4n) is 3.12. The number of hydrogen-bond acceptors (Lipinski definition) is 7. The Balaban J connectivity index is 2.09. The van der Waals surface area contributed by atoms with Gasteiger partial charge in [-0.15, -0.1) is 0 Å². The van der Waals surface area contributed by atoms with Crippen molar-refractivity contribution in [2.24, 2.45) is 0 Å². The SMILES string of the molecule is CN1CCN(c2ccnc3c2cc(B(O)O)n3C(=O)OC(C)(C)C)CC1. The Kier molecular flexibility index (Phi) is 4.96. The fraction of sp³-hybridized carbons (Fsp3) is 0.529. The van der Waals surface area contributed by atoms with Crippen LogP contribution in [0.5, 0.6) is 0 Å². The second-order valence-corrected chi connectivity index (χ2v) is 7.62. The van der Waals surface area contributed by atoms with Gasteiger partial charge < -0.3 is 24.6 Å². The lowest BCUT2D eigenvalue weighted by Crippen LogP contribution is -2.44. The molecule has 0 atom stereocenters. The molecular formula is C17H25BN4O4. The molecule has 26 heavy (non-hydrogen) atoms. The lowest BCUT2D eigenvalue weighted by molar-refractivity contribution is 0.0547. The van der Waals surface area contributed by atoms with Crippen molar-refractivity contribution in [2.75, 3.05) is 38.1 Å². The Labute approximate surface area is 153 Å². The van der Waals surface area contributed by atoms with Crippen molar-refractivity contribution in [1.29, 1.82) is 0 Å². The minimum absolute atomic E-state index is 0.0447. The van der Waals surface area contributed by atoms with Crippen LogP contribution >= 0.6 is 0 Å². The fourth-order valence-corrected chi connectivity index (χ4v) is 3.12. The zero-order valence-corrected chi connectivity index (χ0v) is 15.6. The van der Waals surface area contributed by atoms with Crippen molar-refractivity contribution in [3.63, 3.8) is 0 Å². The molecule has 3 rings (SSSR count). The molecule has 0 amide bonds. The Morgan fingerprint density at radius 2 is 1.88 bits per heavy atom. The van der Waals surface area contributed by atoms with E-state index in [2.05, 4.69) is 21.8 Å². The Hall–Kier alpha value is -2.10. The highest BCUT2D eigenvalue weighted by molar-refractivity contribution is 6.59. The van der Waals surface area contributed by atoms with Crippen LogP contribution in [0.15, 0.2) is 18.3 Å². The molecule has 1 fully saturated rings. The summed E-state index contributed by atoms with van der Waals surface area (Å²) < 4.78 is 6.57. The van der Waals surface area contributed by atoms with E-state index in [0.717, 1.165) is 36.4 Å². The maximum absolute atomic E-state index is 12.6. The summed E-state index contributed by atoms with van der Waals surface area (Å²) in [5.74, 6) is 0. The van der Waals surface area contributed by atoms with E-state index < -0.39 is 18.8 Å². The van der Waals surface area contributed by atoms with E-state index in [-0.39, 0.29) is 5.59 Å². The van der Waals surface area contributed by atoms with Crippen LogP contribution in [0.4, 0.5) is 10.5 Å². The van der Waals surface area contributed by atoms with Gasteiger partial charge in [0.1, 0.15) is 5.60 Å². The molecule has 0 bridgehead atoms. The van der Waals surface area contributed by atoms with Gasteiger partial charge >= 0.3 is 13.2 Å². The highest BCUT2D eigenvalue weighted by Crippen LogP contribution is 2.27. The van der Waals surface area contributed by atoms with Gasteiger partial charge in [0.25, 0.3) is 0 Å². The predicted octanol–water partition coefficient (Wildman–Crippen LogP) is 0.251. The number of pyridine rings is 1. The summed E-state index contributed by atoms with van der Waals surface area (Å²) in [4.78, 5) is 21.4. The van der Waals surface area contributed by atoms with Crippen molar-refractivity contribution in [3.8, 4) is 0 Å². The molecule has 8 nitrogen and oxygen atoms in total. The summed E-state index contributed by atoms with van der Waals surface area (Å²) in [5, 5.41) is 20.2. The van der Waals surface area contributed by atoms with E-state index >= 15 is 0 Å². The van der Waals surface area contributed by atoms with Crippen molar-refractivity contribution >= 4 is 35.5 Å². The molecule has 3 heterocycles. The van der Waals surface area contributed by atoms with Crippen molar-refractivity contribution in [1.82, 2.24) is 14.5 Å². The Morgan fingerprint density at radius 3 is 2.46 bits per heavy atom.